The summed E-state index contributed by atoms with van der Waals surface area (Å²) in [4.78, 5) is 15.4. The van der Waals surface area contributed by atoms with Crippen molar-refractivity contribution in [3.63, 3.8) is 0 Å². The van der Waals surface area contributed by atoms with E-state index in [1.807, 2.05) is 30.3 Å². The van der Waals surface area contributed by atoms with Crippen molar-refractivity contribution in [1.82, 2.24) is 4.98 Å². The Balaban J connectivity index is 2.32. The van der Waals surface area contributed by atoms with Gasteiger partial charge in [0, 0.05) is 34.5 Å². The minimum atomic E-state index is -0.424. The standard InChI is InChI=1S/C16H14BrN3O3/c17-10-8-13-11-4-1-2-5-12(11)16(18-6-3-7-21)19-15(13)14(9-10)20(22)23/h1-2,4-5,8-9,21H,3,6-7H2,(H,18,19). The Bertz CT molecular complexity index is 899. The van der Waals surface area contributed by atoms with Crippen LogP contribution in [0.2, 0.25) is 0 Å². The molecule has 118 valence electrons. The van der Waals surface area contributed by atoms with Crippen LogP contribution in [0.5, 0.6) is 0 Å². The molecule has 0 aliphatic heterocycles. The number of non-ortho nitro benzene ring substituents is 1. The molecular formula is C16H14BrN3O3. The first kappa shape index (κ1) is 15.6. The summed E-state index contributed by atoms with van der Waals surface area (Å²) in [6.07, 6.45) is 0.580. The number of anilines is 1. The predicted molar refractivity (Wildman–Crippen MR) is 93.8 cm³/mol. The van der Waals surface area contributed by atoms with Gasteiger partial charge < -0.3 is 10.4 Å². The van der Waals surface area contributed by atoms with Crippen molar-refractivity contribution in [2.75, 3.05) is 18.5 Å². The van der Waals surface area contributed by atoms with E-state index in [1.54, 1.807) is 0 Å². The van der Waals surface area contributed by atoms with E-state index in [9.17, 15) is 10.1 Å². The summed E-state index contributed by atoms with van der Waals surface area (Å²) >= 11 is 3.33. The monoisotopic (exact) mass is 375 g/mol. The number of aliphatic hydroxyl groups is 1. The van der Waals surface area contributed by atoms with Crippen LogP contribution in [0.1, 0.15) is 6.42 Å². The minimum absolute atomic E-state index is 0.0367. The number of fused-ring (bicyclic) bond motifs is 3. The number of benzene rings is 2. The van der Waals surface area contributed by atoms with Gasteiger partial charge in [-0.1, -0.05) is 40.2 Å². The SMILES string of the molecule is O=[N+]([O-])c1cc(Br)cc2c1nc(NCCCO)c1ccccc12. The van der Waals surface area contributed by atoms with Crippen LogP contribution in [0, 0.1) is 10.1 Å². The lowest BCUT2D eigenvalue weighted by molar-refractivity contribution is -0.383. The van der Waals surface area contributed by atoms with E-state index in [2.05, 4.69) is 26.2 Å². The van der Waals surface area contributed by atoms with Gasteiger partial charge in [-0.05, 0) is 17.9 Å². The molecule has 0 saturated heterocycles. The first-order valence-corrected chi connectivity index (χ1v) is 7.92. The lowest BCUT2D eigenvalue weighted by Crippen LogP contribution is -2.06. The molecule has 0 fully saturated rings. The van der Waals surface area contributed by atoms with E-state index in [-0.39, 0.29) is 12.3 Å². The average molecular weight is 376 g/mol. The van der Waals surface area contributed by atoms with E-state index in [1.165, 1.54) is 6.07 Å². The van der Waals surface area contributed by atoms with E-state index in [0.29, 0.717) is 28.8 Å². The molecule has 1 aromatic heterocycles. The van der Waals surface area contributed by atoms with Crippen LogP contribution in [0.15, 0.2) is 40.9 Å². The van der Waals surface area contributed by atoms with Gasteiger partial charge in [0.25, 0.3) is 5.69 Å². The number of nitrogens with zero attached hydrogens (tertiary/aromatic N) is 2. The van der Waals surface area contributed by atoms with Crippen LogP contribution in [0.3, 0.4) is 0 Å². The summed E-state index contributed by atoms with van der Waals surface area (Å²) in [5.74, 6) is 0.590. The van der Waals surface area contributed by atoms with Gasteiger partial charge in [-0.3, -0.25) is 10.1 Å². The zero-order valence-electron chi connectivity index (χ0n) is 12.1. The number of aromatic nitrogens is 1. The van der Waals surface area contributed by atoms with Crippen molar-refractivity contribution in [3.05, 3.63) is 51.0 Å². The van der Waals surface area contributed by atoms with E-state index >= 15 is 0 Å². The second-order valence-electron chi connectivity index (χ2n) is 5.09. The van der Waals surface area contributed by atoms with Gasteiger partial charge in [-0.25, -0.2) is 4.98 Å². The quantitative estimate of drug-likeness (QED) is 0.306. The van der Waals surface area contributed by atoms with E-state index in [0.717, 1.165) is 16.2 Å². The number of nitro benzene ring substituents is 1. The van der Waals surface area contributed by atoms with Gasteiger partial charge in [0.2, 0.25) is 0 Å². The highest BCUT2D eigenvalue weighted by atomic mass is 79.9. The molecular weight excluding hydrogens is 362 g/mol. The summed E-state index contributed by atoms with van der Waals surface area (Å²) in [5, 5.41) is 26.0. The van der Waals surface area contributed by atoms with Crippen molar-refractivity contribution >= 4 is 49.1 Å². The Kier molecular flexibility index (Phi) is 4.40. The normalized spacial score (nSPS) is 11.0. The van der Waals surface area contributed by atoms with Gasteiger partial charge in [0.1, 0.15) is 5.82 Å². The van der Waals surface area contributed by atoms with Crippen molar-refractivity contribution in [1.29, 1.82) is 0 Å². The van der Waals surface area contributed by atoms with E-state index < -0.39 is 4.92 Å². The van der Waals surface area contributed by atoms with Crippen molar-refractivity contribution in [2.45, 2.75) is 6.42 Å². The fourth-order valence-electron chi connectivity index (χ4n) is 2.56. The number of hydrogen-bond donors (Lipinski definition) is 2. The highest BCUT2D eigenvalue weighted by molar-refractivity contribution is 9.10. The van der Waals surface area contributed by atoms with Gasteiger partial charge in [0.05, 0.1) is 4.92 Å². The van der Waals surface area contributed by atoms with Crippen LogP contribution in [-0.2, 0) is 0 Å². The fourth-order valence-corrected chi connectivity index (χ4v) is 3.01. The van der Waals surface area contributed by atoms with Crippen LogP contribution in [-0.4, -0.2) is 28.2 Å². The highest BCUT2D eigenvalue weighted by Gasteiger charge is 2.18. The van der Waals surface area contributed by atoms with Crippen LogP contribution < -0.4 is 5.32 Å². The lowest BCUT2D eigenvalue weighted by Gasteiger charge is -2.11. The van der Waals surface area contributed by atoms with Crippen molar-refractivity contribution < 1.29 is 10.0 Å². The molecule has 0 aliphatic carbocycles. The summed E-state index contributed by atoms with van der Waals surface area (Å²) in [5.41, 5.74) is 0.314. The molecule has 1 heterocycles. The van der Waals surface area contributed by atoms with Crippen LogP contribution >= 0.6 is 15.9 Å². The zero-order valence-corrected chi connectivity index (χ0v) is 13.7. The molecule has 7 heteroatoms. The van der Waals surface area contributed by atoms with E-state index in [4.69, 9.17) is 5.11 Å². The second kappa shape index (κ2) is 6.47. The molecule has 0 spiro atoms. The molecule has 0 amide bonds. The highest BCUT2D eigenvalue weighted by Crippen LogP contribution is 2.36. The second-order valence-corrected chi connectivity index (χ2v) is 6.00. The maximum atomic E-state index is 11.4. The Hall–Kier alpha value is -2.25. The summed E-state index contributed by atoms with van der Waals surface area (Å²) in [7, 11) is 0. The Morgan fingerprint density at radius 3 is 2.65 bits per heavy atom. The number of nitro groups is 1. The molecule has 0 saturated carbocycles. The smallest absolute Gasteiger partial charge is 0.296 e. The Morgan fingerprint density at radius 1 is 1.22 bits per heavy atom. The number of nitrogens with one attached hydrogen (secondary N) is 1. The minimum Gasteiger partial charge on any atom is -0.396 e. The first-order valence-electron chi connectivity index (χ1n) is 7.13. The molecule has 0 bridgehead atoms. The van der Waals surface area contributed by atoms with Gasteiger partial charge in [0.15, 0.2) is 5.52 Å². The number of pyridine rings is 1. The predicted octanol–water partition coefficient (Wildman–Crippen LogP) is 3.85. The molecule has 0 aliphatic rings. The molecule has 2 N–H and O–H groups in total. The van der Waals surface area contributed by atoms with Crippen molar-refractivity contribution in [3.8, 4) is 0 Å². The third-order valence-electron chi connectivity index (χ3n) is 3.57. The Morgan fingerprint density at radius 2 is 1.96 bits per heavy atom. The number of hydrogen-bond acceptors (Lipinski definition) is 5. The molecule has 0 atom stereocenters. The number of rotatable bonds is 5. The number of halogens is 1. The summed E-state index contributed by atoms with van der Waals surface area (Å²) in [6.45, 7) is 0.620. The molecule has 0 unspecified atom stereocenters. The molecule has 0 radical (unpaired) electrons. The Labute approximate surface area is 140 Å². The molecule has 2 aromatic carbocycles. The first-order chi connectivity index (χ1) is 11.1. The zero-order chi connectivity index (χ0) is 16.4. The fraction of sp³-hybridized carbons (Fsp3) is 0.188. The van der Waals surface area contributed by atoms with Crippen LogP contribution in [0.4, 0.5) is 11.5 Å². The molecule has 3 rings (SSSR count). The topological polar surface area (TPSA) is 88.3 Å². The van der Waals surface area contributed by atoms with Crippen LogP contribution in [0.25, 0.3) is 21.7 Å². The average Bonchev–Trinajstić information content (AvgIpc) is 2.55. The largest absolute Gasteiger partial charge is 0.396 e. The maximum Gasteiger partial charge on any atom is 0.296 e. The third-order valence-corrected chi connectivity index (χ3v) is 4.03. The summed E-state index contributed by atoms with van der Waals surface area (Å²) in [6, 6.07) is 10.9. The summed E-state index contributed by atoms with van der Waals surface area (Å²) < 4.78 is 0.643. The third kappa shape index (κ3) is 2.97. The van der Waals surface area contributed by atoms with Gasteiger partial charge in [-0.15, -0.1) is 0 Å². The molecule has 3 aromatic rings. The maximum absolute atomic E-state index is 11.4. The number of aliphatic hydroxyl groups excluding tert-OH is 1. The van der Waals surface area contributed by atoms with Crippen molar-refractivity contribution in [2.24, 2.45) is 0 Å². The van der Waals surface area contributed by atoms with Gasteiger partial charge >= 0.3 is 0 Å². The van der Waals surface area contributed by atoms with Gasteiger partial charge in [-0.2, -0.15) is 0 Å². The molecule has 6 nitrogen and oxygen atoms in total. The lowest BCUT2D eigenvalue weighted by atomic mass is 10.0. The molecule has 23 heavy (non-hydrogen) atoms.